The Morgan fingerprint density at radius 2 is 1.89 bits per heavy atom. The quantitative estimate of drug-likeness (QED) is 0.854. The second kappa shape index (κ2) is 5.48. The normalized spacial score (nSPS) is 12.9. The first-order valence-electron chi connectivity index (χ1n) is 5.97. The Kier molecular flexibility index (Phi) is 4.42. The number of carboxylic acid groups (broad SMARTS) is 1. The fourth-order valence-corrected chi connectivity index (χ4v) is 1.95. The summed E-state index contributed by atoms with van der Waals surface area (Å²) in [6, 6.07) is 2.84. The fourth-order valence-electron chi connectivity index (χ4n) is 1.95. The van der Waals surface area contributed by atoms with Gasteiger partial charge < -0.3 is 20.3 Å². The van der Waals surface area contributed by atoms with E-state index >= 15 is 0 Å². The van der Waals surface area contributed by atoms with Crippen LogP contribution in [-0.2, 0) is 4.79 Å². The van der Waals surface area contributed by atoms with Crippen LogP contribution in [0.15, 0.2) is 12.1 Å². The zero-order chi connectivity index (χ0) is 14.8. The summed E-state index contributed by atoms with van der Waals surface area (Å²) in [7, 11) is 3.11. The molecule has 3 N–H and O–H groups in total. The van der Waals surface area contributed by atoms with Crippen LogP contribution in [0.2, 0.25) is 0 Å². The average Bonchev–Trinajstić information content (AvgIpc) is 2.37. The van der Waals surface area contributed by atoms with Gasteiger partial charge in [-0.15, -0.1) is 0 Å². The lowest BCUT2D eigenvalue weighted by Gasteiger charge is -2.29. The number of carboxylic acids is 1. The third-order valence-electron chi connectivity index (χ3n) is 3.47. The minimum absolute atomic E-state index is 0.571. The standard InChI is InChI=1S/C14H21NO4/c1-8-10(18-4)7-6-9(11(8)19-5)12(15)14(2,3)13(16)17/h6-7,12H,15H2,1-5H3,(H,16,17). The fraction of sp³-hybridized carbons (Fsp3) is 0.500. The van der Waals surface area contributed by atoms with Crippen LogP contribution in [0.1, 0.15) is 31.0 Å². The van der Waals surface area contributed by atoms with Crippen LogP contribution in [0.5, 0.6) is 11.5 Å². The number of methoxy groups -OCH3 is 2. The van der Waals surface area contributed by atoms with Gasteiger partial charge in [0, 0.05) is 17.2 Å². The van der Waals surface area contributed by atoms with Crippen LogP contribution >= 0.6 is 0 Å². The summed E-state index contributed by atoms with van der Waals surface area (Å²) in [6.07, 6.45) is 0. The summed E-state index contributed by atoms with van der Waals surface area (Å²) in [4.78, 5) is 11.3. The molecule has 0 aromatic heterocycles. The zero-order valence-corrected chi connectivity index (χ0v) is 12.0. The summed E-state index contributed by atoms with van der Waals surface area (Å²) in [6.45, 7) is 5.04. The van der Waals surface area contributed by atoms with Crippen LogP contribution < -0.4 is 15.2 Å². The largest absolute Gasteiger partial charge is 0.496 e. The second-order valence-corrected chi connectivity index (χ2v) is 5.02. The number of rotatable bonds is 5. The molecule has 0 bridgehead atoms. The van der Waals surface area contributed by atoms with Crippen molar-refractivity contribution in [2.24, 2.45) is 11.1 Å². The van der Waals surface area contributed by atoms with E-state index < -0.39 is 17.4 Å². The molecule has 0 aliphatic carbocycles. The van der Waals surface area contributed by atoms with Crippen molar-refractivity contribution in [2.45, 2.75) is 26.8 Å². The molecule has 1 aromatic rings. The van der Waals surface area contributed by atoms with Crippen molar-refractivity contribution >= 4 is 5.97 Å². The zero-order valence-electron chi connectivity index (χ0n) is 12.0. The van der Waals surface area contributed by atoms with E-state index in [1.54, 1.807) is 33.1 Å². The molecule has 1 unspecified atom stereocenters. The van der Waals surface area contributed by atoms with Gasteiger partial charge in [-0.2, -0.15) is 0 Å². The van der Waals surface area contributed by atoms with Gasteiger partial charge in [-0.1, -0.05) is 6.07 Å². The lowest BCUT2D eigenvalue weighted by Crippen LogP contribution is -2.36. The van der Waals surface area contributed by atoms with E-state index in [4.69, 9.17) is 15.2 Å². The molecule has 1 aromatic carbocycles. The van der Waals surface area contributed by atoms with Gasteiger partial charge in [0.05, 0.1) is 19.6 Å². The number of nitrogens with two attached hydrogens (primary N) is 1. The Morgan fingerprint density at radius 1 is 1.32 bits per heavy atom. The van der Waals surface area contributed by atoms with Gasteiger partial charge in [0.15, 0.2) is 0 Å². The van der Waals surface area contributed by atoms with Crippen molar-refractivity contribution in [1.82, 2.24) is 0 Å². The lowest BCUT2D eigenvalue weighted by molar-refractivity contribution is -0.148. The van der Waals surface area contributed by atoms with Crippen LogP contribution in [0.4, 0.5) is 0 Å². The summed E-state index contributed by atoms with van der Waals surface area (Å²) in [5.41, 5.74) is 6.49. The molecule has 1 atom stereocenters. The molecule has 0 saturated carbocycles. The summed E-state index contributed by atoms with van der Waals surface area (Å²) >= 11 is 0. The van der Waals surface area contributed by atoms with Gasteiger partial charge in [0.25, 0.3) is 0 Å². The minimum Gasteiger partial charge on any atom is -0.496 e. The Labute approximate surface area is 113 Å². The monoisotopic (exact) mass is 267 g/mol. The predicted molar refractivity (Wildman–Crippen MR) is 72.6 cm³/mol. The number of aliphatic carboxylic acids is 1. The number of carbonyl (C=O) groups is 1. The van der Waals surface area contributed by atoms with Gasteiger partial charge >= 0.3 is 5.97 Å². The van der Waals surface area contributed by atoms with Crippen LogP contribution in [-0.4, -0.2) is 25.3 Å². The molecule has 0 radical (unpaired) electrons. The first-order chi connectivity index (χ1) is 8.77. The summed E-state index contributed by atoms with van der Waals surface area (Å²) in [5.74, 6) is 0.303. The number of ether oxygens (including phenoxy) is 2. The molecular formula is C14H21NO4. The van der Waals surface area contributed by atoms with Crippen molar-refractivity contribution in [1.29, 1.82) is 0 Å². The van der Waals surface area contributed by atoms with Crippen molar-refractivity contribution < 1.29 is 19.4 Å². The highest BCUT2D eigenvalue weighted by Gasteiger charge is 2.37. The van der Waals surface area contributed by atoms with Crippen molar-refractivity contribution in [3.63, 3.8) is 0 Å². The Bertz CT molecular complexity index is 483. The molecule has 5 heteroatoms. The maximum absolute atomic E-state index is 11.3. The Balaban J connectivity index is 3.36. The maximum atomic E-state index is 11.3. The number of benzene rings is 1. The van der Waals surface area contributed by atoms with Gasteiger partial charge in [-0.3, -0.25) is 4.79 Å². The first kappa shape index (κ1) is 15.3. The average molecular weight is 267 g/mol. The van der Waals surface area contributed by atoms with Crippen molar-refractivity contribution in [3.05, 3.63) is 23.3 Å². The molecule has 106 valence electrons. The van der Waals surface area contributed by atoms with E-state index in [2.05, 4.69) is 0 Å². The smallest absolute Gasteiger partial charge is 0.311 e. The van der Waals surface area contributed by atoms with Crippen LogP contribution in [0.3, 0.4) is 0 Å². The Hall–Kier alpha value is -1.75. The molecule has 0 fully saturated rings. The van der Waals surface area contributed by atoms with E-state index in [-0.39, 0.29) is 0 Å². The van der Waals surface area contributed by atoms with Gasteiger partial charge in [0.1, 0.15) is 11.5 Å². The SMILES string of the molecule is COc1ccc(C(N)C(C)(C)C(=O)O)c(OC)c1C. The summed E-state index contributed by atoms with van der Waals surface area (Å²) < 4.78 is 10.6. The van der Waals surface area contributed by atoms with Crippen LogP contribution in [0.25, 0.3) is 0 Å². The van der Waals surface area contributed by atoms with E-state index in [1.165, 1.54) is 7.11 Å². The van der Waals surface area contributed by atoms with Crippen LogP contribution in [0, 0.1) is 12.3 Å². The van der Waals surface area contributed by atoms with Gasteiger partial charge in [-0.05, 0) is 26.8 Å². The highest BCUT2D eigenvalue weighted by Crippen LogP contribution is 2.40. The minimum atomic E-state index is -1.09. The van der Waals surface area contributed by atoms with Gasteiger partial charge in [0.2, 0.25) is 0 Å². The predicted octanol–water partition coefficient (Wildman–Crippen LogP) is 2.12. The molecule has 19 heavy (non-hydrogen) atoms. The molecule has 0 aliphatic heterocycles. The van der Waals surface area contributed by atoms with E-state index in [9.17, 15) is 9.90 Å². The molecule has 0 spiro atoms. The van der Waals surface area contributed by atoms with E-state index in [0.717, 1.165) is 5.56 Å². The number of hydrogen-bond donors (Lipinski definition) is 2. The molecule has 0 amide bonds. The highest BCUT2D eigenvalue weighted by atomic mass is 16.5. The van der Waals surface area contributed by atoms with E-state index in [1.807, 2.05) is 6.92 Å². The van der Waals surface area contributed by atoms with Crippen molar-refractivity contribution in [3.8, 4) is 11.5 Å². The molecule has 0 aliphatic rings. The Morgan fingerprint density at radius 3 is 2.32 bits per heavy atom. The molecular weight excluding hydrogens is 246 g/mol. The molecule has 1 rings (SSSR count). The topological polar surface area (TPSA) is 81.8 Å². The van der Waals surface area contributed by atoms with Gasteiger partial charge in [-0.25, -0.2) is 0 Å². The maximum Gasteiger partial charge on any atom is 0.311 e. The molecule has 5 nitrogen and oxygen atoms in total. The third kappa shape index (κ3) is 2.66. The number of hydrogen-bond acceptors (Lipinski definition) is 4. The van der Waals surface area contributed by atoms with E-state index in [0.29, 0.717) is 17.1 Å². The van der Waals surface area contributed by atoms with Crippen molar-refractivity contribution in [2.75, 3.05) is 14.2 Å². The first-order valence-corrected chi connectivity index (χ1v) is 5.97. The third-order valence-corrected chi connectivity index (χ3v) is 3.47. The summed E-state index contributed by atoms with van der Waals surface area (Å²) in [5, 5.41) is 9.26. The lowest BCUT2D eigenvalue weighted by atomic mass is 9.80. The molecule has 0 saturated heterocycles. The second-order valence-electron chi connectivity index (χ2n) is 5.02. The molecule has 0 heterocycles. The highest BCUT2D eigenvalue weighted by molar-refractivity contribution is 5.75.